The summed E-state index contributed by atoms with van der Waals surface area (Å²) < 4.78 is 39.2. The number of anilines is 3. The zero-order valence-electron chi connectivity index (χ0n) is 64.1. The van der Waals surface area contributed by atoms with E-state index < -0.39 is 18.4 Å². The van der Waals surface area contributed by atoms with Crippen molar-refractivity contribution < 1.29 is 70.4 Å². The van der Waals surface area contributed by atoms with Crippen LogP contribution in [-0.2, 0) is 9.47 Å². The van der Waals surface area contributed by atoms with Gasteiger partial charge < -0.3 is 50.0 Å². The summed E-state index contributed by atoms with van der Waals surface area (Å²) in [6.07, 6.45) is 25.0. The summed E-state index contributed by atoms with van der Waals surface area (Å²) in [5.41, 5.74) is 4.98. The molecule has 24 heteroatoms. The Balaban J connectivity index is 0.000000168. The van der Waals surface area contributed by atoms with Gasteiger partial charge in [0.05, 0.1) is 36.9 Å². The number of fused-ring (bicyclic) bond motifs is 3. The number of alkyl halides is 1. The van der Waals surface area contributed by atoms with Gasteiger partial charge in [-0.05, 0) is 148 Å². The summed E-state index contributed by atoms with van der Waals surface area (Å²) in [5.74, 6) is 5.49. The number of para-hydroxylation sites is 3. The van der Waals surface area contributed by atoms with Crippen molar-refractivity contribution in [1.82, 2.24) is 54.7 Å². The Kier molecular flexibility index (Phi) is 28.5. The third-order valence-corrected chi connectivity index (χ3v) is 20.0. The summed E-state index contributed by atoms with van der Waals surface area (Å²) in [4.78, 5) is 76.0. The molecule has 1 aliphatic carbocycles. The normalized spacial score (nSPS) is 17.6. The van der Waals surface area contributed by atoms with Crippen LogP contribution in [0.25, 0.3) is 32.7 Å². The van der Waals surface area contributed by atoms with Gasteiger partial charge in [0.25, 0.3) is 0 Å². The molecule has 6 aliphatic rings. The number of carbonyl (C=O) groups excluding carboxylic acids is 2. The number of amides is 2. The summed E-state index contributed by atoms with van der Waals surface area (Å²) in [7, 11) is -1.00. The van der Waals surface area contributed by atoms with E-state index in [4.69, 9.17) is 41.9 Å². The van der Waals surface area contributed by atoms with Gasteiger partial charge in [-0.2, -0.15) is 0 Å². The van der Waals surface area contributed by atoms with Crippen molar-refractivity contribution in [2.45, 2.75) is 185 Å². The quantitative estimate of drug-likeness (QED) is 0.126. The Morgan fingerprint density at radius 2 is 0.771 bits per heavy atom. The van der Waals surface area contributed by atoms with Gasteiger partial charge in [0, 0.05) is 162 Å². The second-order valence-electron chi connectivity index (χ2n) is 29.5. The average molecular weight is 1460 g/mol. The van der Waals surface area contributed by atoms with E-state index in [-0.39, 0.29) is 73.3 Å². The molecular weight excluding hydrogens is 1360 g/mol. The van der Waals surface area contributed by atoms with Crippen molar-refractivity contribution in [2.24, 2.45) is 0 Å². The fourth-order valence-electron chi connectivity index (χ4n) is 14.2. The van der Waals surface area contributed by atoms with Crippen molar-refractivity contribution in [1.29, 1.82) is 0 Å². The molecule has 105 heavy (non-hydrogen) atoms. The molecule has 0 spiro atoms. The fourth-order valence-corrected chi connectivity index (χ4v) is 14.5. The molecule has 2 amide bonds. The minimum absolute atomic E-state index is 0. The van der Waals surface area contributed by atoms with Gasteiger partial charge in [-0.25, -0.2) is 39.5 Å². The van der Waals surface area contributed by atoms with Crippen molar-refractivity contribution in [3.63, 3.8) is 0 Å². The third kappa shape index (κ3) is 22.7. The minimum Gasteiger partial charge on any atom is -1.00 e. The van der Waals surface area contributed by atoms with Crippen molar-refractivity contribution in [3.05, 3.63) is 169 Å². The van der Waals surface area contributed by atoms with Crippen molar-refractivity contribution >= 4 is 73.9 Å². The maximum absolute atomic E-state index is 12.4. The van der Waals surface area contributed by atoms with E-state index in [0.717, 1.165) is 166 Å². The van der Waals surface area contributed by atoms with Crippen LogP contribution in [0, 0.1) is 0 Å². The molecule has 6 fully saturated rings. The molecule has 21 nitrogen and oxygen atoms in total. The first-order valence-corrected chi connectivity index (χ1v) is 37.4. The Hall–Kier alpha value is -8.15. The monoisotopic (exact) mass is 1460 g/mol. The molecule has 0 unspecified atom stereocenters. The molecule has 5 aliphatic heterocycles. The number of nitrogens with zero attached hydrogens (tertiary/aromatic N) is 14. The third-order valence-electron chi connectivity index (χ3n) is 19.7. The predicted molar refractivity (Wildman–Crippen MR) is 409 cm³/mol. The molecule has 5 saturated heterocycles. The summed E-state index contributed by atoms with van der Waals surface area (Å²) in [5, 5.41) is 13.5. The van der Waals surface area contributed by atoms with Gasteiger partial charge in [-0.1, -0.05) is 85.5 Å². The van der Waals surface area contributed by atoms with Crippen LogP contribution < -0.4 is 53.7 Å². The number of piperidine rings is 5. The number of likely N-dealkylation sites (tertiary alicyclic amines) is 2. The van der Waals surface area contributed by atoms with Crippen LogP contribution >= 0.6 is 11.6 Å². The van der Waals surface area contributed by atoms with E-state index >= 15 is 0 Å². The molecule has 3 aromatic carbocycles. The molecule has 15 rings (SSSR count). The average Bonchev–Trinajstić information content (AvgIpc) is 0.787. The summed E-state index contributed by atoms with van der Waals surface area (Å²) in [6.45, 7) is 19.4. The van der Waals surface area contributed by atoms with E-state index in [1.54, 1.807) is 40.8 Å². The number of halogens is 2. The van der Waals surface area contributed by atoms with E-state index in [1.165, 1.54) is 42.9 Å². The number of aliphatic hydroxyl groups excluding tert-OH is 1. The summed E-state index contributed by atoms with van der Waals surface area (Å²) in [6, 6.07) is 37.4. The Labute approximate surface area is 647 Å². The van der Waals surface area contributed by atoms with Crippen LogP contribution in [0.3, 0.4) is 0 Å². The van der Waals surface area contributed by atoms with E-state index in [0.29, 0.717) is 43.1 Å². The number of ether oxygens (including phenoxy) is 4. The first-order valence-electron chi connectivity index (χ1n) is 37.8. The Morgan fingerprint density at radius 3 is 1.14 bits per heavy atom. The molecule has 0 atom stereocenters. The molecule has 0 radical (unpaired) electrons. The van der Waals surface area contributed by atoms with Gasteiger partial charge in [-0.15, -0.1) is 0 Å². The predicted octanol–water partition coefficient (Wildman–Crippen LogP) is 13.4. The van der Waals surface area contributed by atoms with Gasteiger partial charge >= 0.3 is 41.7 Å². The SMILES string of the molecule is CC(C)(C)OC(=O)N1CCC(c2nccnc2Cl)CC1.CC(C)(C)OC(=O)N1CCC(c2nccnc2OC2CCN(c3ccc4ccccc4n3)CC2)CC1.OC1CCN(c2ccc3ccccc3n2)CC1.[2H]CF.[H-].[Na+].c1ccc2nc(N3CCC(Oc4nccnc4C4CCCCC4)CC3)ccc2c1. The van der Waals surface area contributed by atoms with Crippen LogP contribution in [-0.4, -0.2) is 174 Å². The minimum atomic E-state index is -1.00. The van der Waals surface area contributed by atoms with E-state index in [9.17, 15) is 19.1 Å². The number of hydrogen-bond acceptors (Lipinski definition) is 19. The Morgan fingerprint density at radius 1 is 0.448 bits per heavy atom. The standard InChI is InChI=1S/C28H35N5O3.C24H28N4O.C14H20ClN3O2.C14H16N2O.CH3F.Na.H/c1-28(2,3)36-27(34)33-16-10-21(11-17-33)25-26(30-15-14-29-25)35-22-12-18-32(19-13-22)24-9-8-20-6-4-5-7-23(20)31-24;1-2-7-19(8-3-1)23-24(26-15-14-25-23)29-20-12-16-28(17-13-20)22-11-10-18-6-4-5-9-21(18)27-22;1-14(2,3)20-13(19)18-8-4-10(5-9-18)11-12(15)17-7-6-16-11;17-12-7-9-16(10-8-12)14-6-5-11-3-1-2-4-13(11)15-14;1-2;;/h4-9,14-15,21-22H,10-13,16-19H2,1-3H3;4-6,9-11,14-15,19-20H,1-3,7-8,12-13,16-17H2;6-7,10H,4-5,8-9H2,1-3H3;1-6,12,17H,7-10H2;1H3;;/q;;;;;+1;-1/i;;;;1D;;. The molecule has 6 aromatic heterocycles. The fraction of sp³-hybridized carbons (Fsp3) is 0.494. The number of aromatic nitrogens is 9. The van der Waals surface area contributed by atoms with Crippen LogP contribution in [0.5, 0.6) is 11.8 Å². The molecule has 0 bridgehead atoms. The van der Waals surface area contributed by atoms with Crippen molar-refractivity contribution in [3.8, 4) is 11.8 Å². The number of carbonyl (C=O) groups is 2. The number of hydrogen-bond donors (Lipinski definition) is 1. The molecular formula is C81H103ClFN14NaO7. The first kappa shape index (κ1) is 77.9. The molecule has 554 valence electrons. The maximum atomic E-state index is 12.4. The number of benzene rings is 3. The Bertz CT molecular complexity index is 4240. The second kappa shape index (κ2) is 38.4. The largest absolute Gasteiger partial charge is 1.00 e. The van der Waals surface area contributed by atoms with Gasteiger partial charge in [0.2, 0.25) is 11.8 Å². The molecule has 1 saturated carbocycles. The molecule has 9 aromatic rings. The number of pyridine rings is 3. The maximum Gasteiger partial charge on any atom is 1.00 e. The van der Waals surface area contributed by atoms with Crippen LogP contribution in [0.4, 0.5) is 31.4 Å². The van der Waals surface area contributed by atoms with Crippen LogP contribution in [0.2, 0.25) is 5.15 Å². The van der Waals surface area contributed by atoms with Gasteiger partial charge in [0.15, 0.2) is 5.15 Å². The molecule has 11 heterocycles. The zero-order valence-corrected chi connectivity index (χ0v) is 64.9. The van der Waals surface area contributed by atoms with Crippen LogP contribution in [0.15, 0.2) is 146 Å². The van der Waals surface area contributed by atoms with Gasteiger partial charge in [-0.3, -0.25) is 19.3 Å². The summed E-state index contributed by atoms with van der Waals surface area (Å²) >= 11 is 6.06. The first-order chi connectivity index (χ1) is 50.8. The van der Waals surface area contributed by atoms with Crippen molar-refractivity contribution in [2.75, 3.05) is 87.3 Å². The smallest absolute Gasteiger partial charge is 1.00 e. The zero-order chi connectivity index (χ0) is 73.7. The van der Waals surface area contributed by atoms with Gasteiger partial charge in [0.1, 0.15) is 52.3 Å². The molecule has 1 N–H and O–H groups in total. The number of rotatable bonds is 10. The van der Waals surface area contributed by atoms with E-state index in [2.05, 4.69) is 122 Å². The topological polar surface area (TPSA) is 224 Å². The van der Waals surface area contributed by atoms with Crippen LogP contribution in [0.1, 0.15) is 175 Å². The van der Waals surface area contributed by atoms with E-state index in [1.807, 2.05) is 84.1 Å². The number of aliphatic hydroxyl groups is 1. The second-order valence-corrected chi connectivity index (χ2v) is 29.8.